The fourth-order valence-electron chi connectivity index (χ4n) is 1.48. The minimum absolute atomic E-state index is 0.257. The Kier molecular flexibility index (Phi) is 3.08. The Hall–Kier alpha value is -2.31. The van der Waals surface area contributed by atoms with Crippen molar-refractivity contribution in [3.8, 4) is 0 Å². The second-order valence-corrected chi connectivity index (χ2v) is 3.63. The van der Waals surface area contributed by atoms with Crippen LogP contribution in [0.15, 0.2) is 24.7 Å². The van der Waals surface area contributed by atoms with Gasteiger partial charge in [-0.05, 0) is 6.07 Å². The predicted octanol–water partition coefficient (Wildman–Crippen LogP) is -0.371. The number of nitrogen functional groups attached to an aromatic ring is 1. The van der Waals surface area contributed by atoms with Crippen molar-refractivity contribution in [2.45, 2.75) is 6.54 Å². The second-order valence-electron chi connectivity index (χ2n) is 3.63. The minimum Gasteiger partial charge on any atom is -0.396 e. The molecule has 0 spiro atoms. The maximum atomic E-state index is 11.7. The van der Waals surface area contributed by atoms with Crippen LogP contribution in [0, 0.1) is 0 Å². The highest BCUT2D eigenvalue weighted by molar-refractivity contribution is 5.96. The molecule has 0 saturated heterocycles. The molecular formula is C10H14N6O. The van der Waals surface area contributed by atoms with Crippen LogP contribution in [0.5, 0.6) is 0 Å². The van der Waals surface area contributed by atoms with Crippen LogP contribution in [0.25, 0.3) is 0 Å². The molecule has 0 aromatic carbocycles. The van der Waals surface area contributed by atoms with Crippen molar-refractivity contribution >= 4 is 11.6 Å². The monoisotopic (exact) mass is 234 g/mol. The van der Waals surface area contributed by atoms with Crippen LogP contribution >= 0.6 is 0 Å². The molecule has 7 nitrogen and oxygen atoms in total. The highest BCUT2D eigenvalue weighted by Gasteiger charge is 2.12. The molecule has 0 aliphatic rings. The quantitative estimate of drug-likeness (QED) is 0.755. The average molecular weight is 234 g/mol. The number of aromatic nitrogens is 4. The molecular weight excluding hydrogens is 220 g/mol. The lowest BCUT2D eigenvalue weighted by molar-refractivity contribution is 0.0947. The van der Waals surface area contributed by atoms with Crippen LogP contribution in [-0.2, 0) is 13.6 Å². The van der Waals surface area contributed by atoms with E-state index in [1.54, 1.807) is 24.1 Å². The van der Waals surface area contributed by atoms with Crippen LogP contribution in [0.4, 0.5) is 5.69 Å². The Morgan fingerprint density at radius 3 is 3.00 bits per heavy atom. The summed E-state index contributed by atoms with van der Waals surface area (Å²) in [7, 11) is 1.72. The number of nitrogens with two attached hydrogens (primary N) is 1. The lowest BCUT2D eigenvalue weighted by atomic mass is 10.3. The number of nitrogens with zero attached hydrogens (tertiary/aromatic N) is 4. The zero-order valence-electron chi connectivity index (χ0n) is 9.50. The molecule has 0 aliphatic heterocycles. The molecule has 0 bridgehead atoms. The van der Waals surface area contributed by atoms with Crippen molar-refractivity contribution in [1.29, 1.82) is 0 Å². The van der Waals surface area contributed by atoms with Gasteiger partial charge < -0.3 is 11.1 Å². The van der Waals surface area contributed by atoms with Gasteiger partial charge in [0.2, 0.25) is 0 Å². The van der Waals surface area contributed by atoms with Gasteiger partial charge in [-0.25, -0.2) is 0 Å². The van der Waals surface area contributed by atoms with Crippen molar-refractivity contribution in [1.82, 2.24) is 24.9 Å². The number of carbonyl (C=O) groups is 1. The van der Waals surface area contributed by atoms with Crippen LogP contribution in [0.3, 0.4) is 0 Å². The van der Waals surface area contributed by atoms with Gasteiger partial charge in [0.1, 0.15) is 0 Å². The number of rotatable bonds is 4. The lowest BCUT2D eigenvalue weighted by Crippen LogP contribution is -2.28. The third-order valence-corrected chi connectivity index (χ3v) is 2.26. The van der Waals surface area contributed by atoms with E-state index in [1.807, 2.05) is 12.3 Å². The maximum absolute atomic E-state index is 11.7. The third-order valence-electron chi connectivity index (χ3n) is 2.26. The fraction of sp³-hybridized carbons (Fsp3) is 0.300. The third kappa shape index (κ3) is 2.63. The van der Waals surface area contributed by atoms with E-state index in [0.29, 0.717) is 18.8 Å². The summed E-state index contributed by atoms with van der Waals surface area (Å²) in [5, 5.41) is 10.7. The van der Waals surface area contributed by atoms with Crippen LogP contribution < -0.4 is 11.1 Å². The van der Waals surface area contributed by atoms with Gasteiger partial charge in [-0.2, -0.15) is 10.2 Å². The molecule has 0 saturated carbocycles. The molecule has 0 unspecified atom stereocenters. The van der Waals surface area contributed by atoms with E-state index in [9.17, 15) is 4.79 Å². The number of nitrogens with one attached hydrogen (secondary N) is 1. The molecule has 0 atom stereocenters. The fourth-order valence-corrected chi connectivity index (χ4v) is 1.48. The molecule has 17 heavy (non-hydrogen) atoms. The van der Waals surface area contributed by atoms with E-state index in [2.05, 4.69) is 15.5 Å². The van der Waals surface area contributed by atoms with Crippen molar-refractivity contribution in [2.75, 3.05) is 12.3 Å². The highest BCUT2D eigenvalue weighted by atomic mass is 16.2. The molecule has 0 fully saturated rings. The molecule has 90 valence electrons. The van der Waals surface area contributed by atoms with E-state index >= 15 is 0 Å². The highest BCUT2D eigenvalue weighted by Crippen LogP contribution is 2.07. The van der Waals surface area contributed by atoms with Crippen molar-refractivity contribution < 1.29 is 4.79 Å². The summed E-state index contributed by atoms with van der Waals surface area (Å²) in [6.45, 7) is 1.10. The molecule has 2 aromatic rings. The Morgan fingerprint density at radius 2 is 2.41 bits per heavy atom. The molecule has 2 aromatic heterocycles. The van der Waals surface area contributed by atoms with Crippen LogP contribution in [-0.4, -0.2) is 32.0 Å². The number of aryl methyl sites for hydroxylation is 1. The Labute approximate surface area is 98.2 Å². The zero-order chi connectivity index (χ0) is 12.3. The van der Waals surface area contributed by atoms with Crippen LogP contribution in [0.2, 0.25) is 0 Å². The summed E-state index contributed by atoms with van der Waals surface area (Å²) in [4.78, 5) is 11.7. The Bertz CT molecular complexity index is 501. The smallest absolute Gasteiger partial charge is 0.274 e. The standard InChI is InChI=1S/C10H14N6O/c1-15-7-8(11)9(14-15)10(17)12-4-6-16-5-2-3-13-16/h2-3,5,7H,4,6,11H2,1H3,(H,12,17). The summed E-state index contributed by atoms with van der Waals surface area (Å²) in [5.74, 6) is -0.268. The maximum Gasteiger partial charge on any atom is 0.274 e. The number of hydrogen-bond donors (Lipinski definition) is 2. The zero-order valence-corrected chi connectivity index (χ0v) is 9.50. The van der Waals surface area contributed by atoms with E-state index in [0.717, 1.165) is 0 Å². The summed E-state index contributed by atoms with van der Waals surface area (Å²) < 4.78 is 3.25. The molecule has 2 heterocycles. The number of amides is 1. The Morgan fingerprint density at radius 1 is 1.59 bits per heavy atom. The summed E-state index contributed by atoms with van der Waals surface area (Å²) >= 11 is 0. The first-order valence-corrected chi connectivity index (χ1v) is 5.21. The first-order valence-electron chi connectivity index (χ1n) is 5.21. The summed E-state index contributed by atoms with van der Waals surface area (Å²) in [6, 6.07) is 1.83. The van der Waals surface area contributed by atoms with Gasteiger partial charge in [-0.3, -0.25) is 14.2 Å². The van der Waals surface area contributed by atoms with Gasteiger partial charge in [-0.15, -0.1) is 0 Å². The predicted molar refractivity (Wildman–Crippen MR) is 62.2 cm³/mol. The van der Waals surface area contributed by atoms with Gasteiger partial charge in [0, 0.05) is 32.2 Å². The van der Waals surface area contributed by atoms with Crippen molar-refractivity contribution in [2.24, 2.45) is 7.05 Å². The van der Waals surface area contributed by atoms with E-state index in [1.165, 1.54) is 4.68 Å². The number of carbonyl (C=O) groups excluding carboxylic acids is 1. The van der Waals surface area contributed by atoms with E-state index in [-0.39, 0.29) is 11.6 Å². The first-order chi connectivity index (χ1) is 8.16. The summed E-state index contributed by atoms with van der Waals surface area (Å²) in [5.41, 5.74) is 6.28. The number of hydrogen-bond acceptors (Lipinski definition) is 4. The lowest BCUT2D eigenvalue weighted by Gasteiger charge is -2.03. The van der Waals surface area contributed by atoms with E-state index in [4.69, 9.17) is 5.73 Å². The molecule has 7 heteroatoms. The minimum atomic E-state index is -0.268. The SMILES string of the molecule is Cn1cc(N)c(C(=O)NCCn2cccn2)n1. The van der Waals surface area contributed by atoms with Gasteiger partial charge >= 0.3 is 0 Å². The van der Waals surface area contributed by atoms with Crippen molar-refractivity contribution in [3.63, 3.8) is 0 Å². The van der Waals surface area contributed by atoms with Gasteiger partial charge in [0.15, 0.2) is 5.69 Å². The number of anilines is 1. The van der Waals surface area contributed by atoms with Gasteiger partial charge in [0.05, 0.1) is 12.2 Å². The molecule has 0 aliphatic carbocycles. The molecule has 1 amide bonds. The van der Waals surface area contributed by atoms with Crippen LogP contribution in [0.1, 0.15) is 10.5 Å². The first kappa shape index (κ1) is 11.2. The van der Waals surface area contributed by atoms with E-state index < -0.39 is 0 Å². The second kappa shape index (κ2) is 4.69. The molecule has 3 N–H and O–H groups in total. The topological polar surface area (TPSA) is 90.8 Å². The van der Waals surface area contributed by atoms with Crippen molar-refractivity contribution in [3.05, 3.63) is 30.4 Å². The summed E-state index contributed by atoms with van der Waals surface area (Å²) in [6.07, 6.45) is 5.13. The molecule has 2 rings (SSSR count). The largest absolute Gasteiger partial charge is 0.396 e. The average Bonchev–Trinajstić information content (AvgIpc) is 2.88. The Balaban J connectivity index is 1.87. The van der Waals surface area contributed by atoms with Gasteiger partial charge in [-0.1, -0.05) is 0 Å². The van der Waals surface area contributed by atoms with Gasteiger partial charge in [0.25, 0.3) is 5.91 Å². The normalized spacial score (nSPS) is 10.4. The molecule has 0 radical (unpaired) electrons.